The van der Waals surface area contributed by atoms with E-state index in [9.17, 15) is 4.79 Å². The first-order valence-corrected chi connectivity index (χ1v) is 9.74. The number of rotatable bonds is 2. The van der Waals surface area contributed by atoms with E-state index in [1.54, 1.807) is 0 Å². The highest BCUT2D eigenvalue weighted by molar-refractivity contribution is 9.10. The van der Waals surface area contributed by atoms with E-state index in [2.05, 4.69) is 89.8 Å². The average Bonchev–Trinajstić information content (AvgIpc) is 2.92. The number of allylic oxidation sites excluding steroid dienone is 2. The van der Waals surface area contributed by atoms with Crippen molar-refractivity contribution in [3.8, 4) is 11.3 Å². The van der Waals surface area contributed by atoms with E-state index in [1.165, 1.54) is 10.9 Å². The highest BCUT2D eigenvalue weighted by Crippen LogP contribution is 2.41. The zero-order valence-electron chi connectivity index (χ0n) is 15.3. The number of carbonyl (C=O) groups is 1. The summed E-state index contributed by atoms with van der Waals surface area (Å²) in [6.45, 7) is 6.44. The second-order valence-corrected chi connectivity index (χ2v) is 8.88. The molecule has 26 heavy (non-hydrogen) atoms. The predicted molar refractivity (Wildman–Crippen MR) is 112 cm³/mol. The van der Waals surface area contributed by atoms with Gasteiger partial charge in [0, 0.05) is 33.6 Å². The summed E-state index contributed by atoms with van der Waals surface area (Å²) in [6.07, 6.45) is 3.33. The SMILES string of the molecule is Cc1ccc(-c2cc3ccccc3n2C2=CC(=O)CC(C)(C)C2)c(Br)c1. The van der Waals surface area contributed by atoms with E-state index in [0.29, 0.717) is 6.42 Å². The van der Waals surface area contributed by atoms with Gasteiger partial charge >= 0.3 is 0 Å². The number of aromatic nitrogens is 1. The Hall–Kier alpha value is -2.13. The van der Waals surface area contributed by atoms with E-state index in [4.69, 9.17) is 0 Å². The molecule has 0 saturated carbocycles. The molecule has 3 heteroatoms. The normalized spacial score (nSPS) is 16.8. The molecule has 4 rings (SSSR count). The first-order valence-electron chi connectivity index (χ1n) is 8.95. The zero-order valence-corrected chi connectivity index (χ0v) is 16.9. The van der Waals surface area contributed by atoms with E-state index in [0.717, 1.165) is 33.4 Å². The van der Waals surface area contributed by atoms with Crippen LogP contribution in [0.4, 0.5) is 0 Å². The molecule has 0 radical (unpaired) electrons. The van der Waals surface area contributed by atoms with Crippen molar-refractivity contribution in [1.82, 2.24) is 4.57 Å². The van der Waals surface area contributed by atoms with Crippen molar-refractivity contribution < 1.29 is 4.79 Å². The van der Waals surface area contributed by atoms with Crippen LogP contribution in [0.15, 0.2) is 59.1 Å². The smallest absolute Gasteiger partial charge is 0.157 e. The minimum atomic E-state index is -0.0195. The third kappa shape index (κ3) is 3.05. The van der Waals surface area contributed by atoms with Crippen LogP contribution in [0.3, 0.4) is 0 Å². The second-order valence-electron chi connectivity index (χ2n) is 8.03. The summed E-state index contributed by atoms with van der Waals surface area (Å²) in [7, 11) is 0. The van der Waals surface area contributed by atoms with Gasteiger partial charge in [-0.15, -0.1) is 0 Å². The lowest BCUT2D eigenvalue weighted by Crippen LogP contribution is -2.23. The second kappa shape index (κ2) is 6.24. The number of nitrogens with zero attached hydrogens (tertiary/aromatic N) is 1. The fourth-order valence-electron chi connectivity index (χ4n) is 3.95. The van der Waals surface area contributed by atoms with Crippen LogP contribution < -0.4 is 0 Å². The van der Waals surface area contributed by atoms with Gasteiger partial charge in [-0.25, -0.2) is 0 Å². The lowest BCUT2D eigenvalue weighted by atomic mass is 9.78. The van der Waals surface area contributed by atoms with Crippen LogP contribution in [0, 0.1) is 12.3 Å². The van der Waals surface area contributed by atoms with Gasteiger partial charge in [0.05, 0.1) is 11.2 Å². The quantitative estimate of drug-likeness (QED) is 0.468. The van der Waals surface area contributed by atoms with Crippen molar-refractivity contribution in [3.05, 3.63) is 64.6 Å². The fourth-order valence-corrected chi connectivity index (χ4v) is 4.64. The summed E-state index contributed by atoms with van der Waals surface area (Å²) in [6, 6.07) is 17.0. The molecule has 0 atom stereocenters. The van der Waals surface area contributed by atoms with Crippen LogP contribution in [0.5, 0.6) is 0 Å². The topological polar surface area (TPSA) is 22.0 Å². The van der Waals surface area contributed by atoms with Gasteiger partial charge in [-0.05, 0) is 42.5 Å². The molecule has 132 valence electrons. The van der Waals surface area contributed by atoms with Crippen molar-refractivity contribution in [3.63, 3.8) is 0 Å². The van der Waals surface area contributed by atoms with Crippen LogP contribution in [-0.2, 0) is 4.79 Å². The Morgan fingerprint density at radius 3 is 2.54 bits per heavy atom. The van der Waals surface area contributed by atoms with E-state index in [1.807, 2.05) is 6.08 Å². The molecule has 0 spiro atoms. The zero-order chi connectivity index (χ0) is 18.5. The van der Waals surface area contributed by atoms with Crippen molar-refractivity contribution in [2.75, 3.05) is 0 Å². The molecule has 0 bridgehead atoms. The monoisotopic (exact) mass is 407 g/mol. The summed E-state index contributed by atoms with van der Waals surface area (Å²) < 4.78 is 3.34. The van der Waals surface area contributed by atoms with Gasteiger partial charge in [0.2, 0.25) is 0 Å². The van der Waals surface area contributed by atoms with Gasteiger partial charge < -0.3 is 4.57 Å². The lowest BCUT2D eigenvalue weighted by Gasteiger charge is -2.30. The van der Waals surface area contributed by atoms with Crippen LogP contribution >= 0.6 is 15.9 Å². The Labute approximate surface area is 162 Å². The molecule has 0 N–H and O–H groups in total. The molecular weight excluding hydrogens is 386 g/mol. The first kappa shape index (κ1) is 17.3. The third-order valence-corrected chi connectivity index (χ3v) is 5.69. The van der Waals surface area contributed by atoms with Crippen molar-refractivity contribution >= 4 is 38.3 Å². The van der Waals surface area contributed by atoms with Gasteiger partial charge in [0.25, 0.3) is 0 Å². The number of hydrogen-bond acceptors (Lipinski definition) is 1. The number of aryl methyl sites for hydroxylation is 1. The van der Waals surface area contributed by atoms with Crippen LogP contribution in [0.2, 0.25) is 0 Å². The number of ketones is 1. The van der Waals surface area contributed by atoms with Crippen LogP contribution in [-0.4, -0.2) is 10.4 Å². The largest absolute Gasteiger partial charge is 0.313 e. The number of hydrogen-bond donors (Lipinski definition) is 0. The van der Waals surface area contributed by atoms with Crippen LogP contribution in [0.25, 0.3) is 27.9 Å². The van der Waals surface area contributed by atoms with Crippen molar-refractivity contribution in [2.45, 2.75) is 33.6 Å². The predicted octanol–water partition coefficient (Wildman–Crippen LogP) is 6.61. The Morgan fingerprint density at radius 1 is 1.04 bits per heavy atom. The lowest BCUT2D eigenvalue weighted by molar-refractivity contribution is -0.116. The molecule has 2 nitrogen and oxygen atoms in total. The molecule has 1 heterocycles. The Balaban J connectivity index is 2.00. The minimum Gasteiger partial charge on any atom is -0.313 e. The highest BCUT2D eigenvalue weighted by atomic mass is 79.9. The third-order valence-electron chi connectivity index (χ3n) is 5.04. The van der Waals surface area contributed by atoms with Gasteiger partial charge in [0.1, 0.15) is 0 Å². The van der Waals surface area contributed by atoms with Gasteiger partial charge in [-0.1, -0.05) is 60.1 Å². The Morgan fingerprint density at radius 2 is 1.81 bits per heavy atom. The molecule has 1 aliphatic rings. The van der Waals surface area contributed by atoms with E-state index < -0.39 is 0 Å². The van der Waals surface area contributed by atoms with Crippen molar-refractivity contribution in [1.29, 1.82) is 0 Å². The Kier molecular flexibility index (Phi) is 4.15. The molecule has 0 unspecified atom stereocenters. The van der Waals surface area contributed by atoms with Gasteiger partial charge in [-0.3, -0.25) is 4.79 Å². The summed E-state index contributed by atoms with van der Waals surface area (Å²) in [5, 5.41) is 1.19. The van der Waals surface area contributed by atoms with Gasteiger partial charge in [-0.2, -0.15) is 0 Å². The van der Waals surface area contributed by atoms with Gasteiger partial charge in [0.15, 0.2) is 5.78 Å². The number of benzene rings is 2. The average molecular weight is 408 g/mol. The van der Waals surface area contributed by atoms with E-state index >= 15 is 0 Å². The first-order chi connectivity index (χ1) is 12.3. The Bertz CT molecular complexity index is 1060. The summed E-state index contributed by atoms with van der Waals surface area (Å²) >= 11 is 3.73. The molecule has 2 aromatic carbocycles. The summed E-state index contributed by atoms with van der Waals surface area (Å²) in [4.78, 5) is 12.4. The molecule has 0 aliphatic heterocycles. The maximum Gasteiger partial charge on any atom is 0.157 e. The van der Waals surface area contributed by atoms with Crippen molar-refractivity contribution in [2.24, 2.45) is 5.41 Å². The summed E-state index contributed by atoms with van der Waals surface area (Å²) in [5.74, 6) is 0.211. The number of para-hydroxylation sites is 1. The maximum absolute atomic E-state index is 12.4. The number of carbonyl (C=O) groups excluding carboxylic acids is 1. The molecule has 0 fully saturated rings. The molecule has 3 aromatic rings. The fraction of sp³-hybridized carbons (Fsp3) is 0.261. The summed E-state index contributed by atoms with van der Waals surface area (Å²) in [5.41, 5.74) is 5.69. The van der Waals surface area contributed by atoms with Crippen LogP contribution in [0.1, 0.15) is 32.3 Å². The molecule has 1 aliphatic carbocycles. The highest BCUT2D eigenvalue weighted by Gasteiger charge is 2.29. The molecule has 0 amide bonds. The molecular formula is C23H22BrNO. The van der Waals surface area contributed by atoms with E-state index in [-0.39, 0.29) is 11.2 Å². The number of halogens is 1. The maximum atomic E-state index is 12.4. The number of fused-ring (bicyclic) bond motifs is 1. The molecule has 0 saturated heterocycles. The minimum absolute atomic E-state index is 0.0195. The standard InChI is InChI=1S/C23H22BrNO/c1-15-8-9-19(20(24)10-15)22-11-16-6-4-5-7-21(16)25(22)17-12-18(26)14-23(2,3)13-17/h4-12H,13-14H2,1-3H3. The molecule has 1 aromatic heterocycles.